The van der Waals surface area contributed by atoms with Crippen LogP contribution in [-0.4, -0.2) is 34.3 Å². The molecule has 7 heteroatoms. The van der Waals surface area contributed by atoms with Gasteiger partial charge in [0, 0.05) is 26.4 Å². The molecular formula is C15H20N4O2S. The number of hydrogen-bond acceptors (Lipinski definition) is 4. The Balaban J connectivity index is 1.71. The lowest BCUT2D eigenvalue weighted by atomic mass is 10.1. The molecule has 2 rings (SSSR count). The van der Waals surface area contributed by atoms with Crippen molar-refractivity contribution in [1.29, 1.82) is 0 Å². The van der Waals surface area contributed by atoms with E-state index in [-0.39, 0.29) is 5.91 Å². The summed E-state index contributed by atoms with van der Waals surface area (Å²) in [6.45, 7) is 0.551. The zero-order chi connectivity index (χ0) is 15.9. The third-order valence-corrected chi connectivity index (χ3v) is 3.81. The number of hydrogen-bond donors (Lipinski definition) is 2. The molecule has 1 aromatic heterocycles. The second kappa shape index (κ2) is 7.74. The van der Waals surface area contributed by atoms with Gasteiger partial charge in [0.1, 0.15) is 11.6 Å². The first kappa shape index (κ1) is 16.2. The predicted molar refractivity (Wildman–Crippen MR) is 86.4 cm³/mol. The predicted octanol–water partition coefficient (Wildman–Crippen LogP) is 1.78. The van der Waals surface area contributed by atoms with Gasteiger partial charge in [-0.05, 0) is 36.3 Å². The van der Waals surface area contributed by atoms with E-state index >= 15 is 0 Å². The molecule has 6 nitrogen and oxygen atoms in total. The van der Waals surface area contributed by atoms with Gasteiger partial charge in [0.15, 0.2) is 4.77 Å². The Hall–Kier alpha value is -2.15. The smallest absolute Gasteiger partial charge is 0.220 e. The Morgan fingerprint density at radius 1 is 1.36 bits per heavy atom. The minimum absolute atomic E-state index is 0.0348. The van der Waals surface area contributed by atoms with Gasteiger partial charge in [0.2, 0.25) is 5.91 Å². The number of rotatable bonds is 7. The molecule has 1 amide bonds. The molecule has 0 aliphatic carbocycles. The van der Waals surface area contributed by atoms with Gasteiger partial charge in [-0.1, -0.05) is 12.1 Å². The molecule has 1 aromatic carbocycles. The van der Waals surface area contributed by atoms with Crippen molar-refractivity contribution in [2.45, 2.75) is 19.3 Å². The summed E-state index contributed by atoms with van der Waals surface area (Å²) in [4.78, 5) is 11.8. The number of aromatic amines is 1. The maximum absolute atomic E-state index is 11.8. The standard InChI is InChI=1S/C15H20N4O2S/c1-19-13(17-18-15(19)22)9-10-16-14(20)8-5-11-3-6-12(21-2)7-4-11/h3-4,6-7H,5,8-10H2,1-2H3,(H,16,20)(H,18,22). The monoisotopic (exact) mass is 320 g/mol. The first-order chi connectivity index (χ1) is 10.6. The molecule has 0 bridgehead atoms. The fourth-order valence-corrected chi connectivity index (χ4v) is 2.21. The number of benzene rings is 1. The van der Waals surface area contributed by atoms with Crippen LogP contribution in [0, 0.1) is 4.77 Å². The van der Waals surface area contributed by atoms with Gasteiger partial charge in [-0.25, -0.2) is 0 Å². The highest BCUT2D eigenvalue weighted by molar-refractivity contribution is 7.71. The Morgan fingerprint density at radius 2 is 2.09 bits per heavy atom. The molecule has 0 saturated carbocycles. The van der Waals surface area contributed by atoms with Crippen molar-refractivity contribution in [3.05, 3.63) is 40.4 Å². The molecule has 0 radical (unpaired) electrons. The highest BCUT2D eigenvalue weighted by atomic mass is 32.1. The van der Waals surface area contributed by atoms with Gasteiger partial charge in [-0.15, -0.1) is 0 Å². The molecule has 0 unspecified atom stereocenters. The number of carbonyl (C=O) groups excluding carboxylic acids is 1. The Morgan fingerprint density at radius 3 is 2.68 bits per heavy atom. The number of nitrogens with zero attached hydrogens (tertiary/aromatic N) is 2. The average molecular weight is 320 g/mol. The zero-order valence-corrected chi connectivity index (χ0v) is 13.6. The summed E-state index contributed by atoms with van der Waals surface area (Å²) >= 11 is 5.04. The zero-order valence-electron chi connectivity index (χ0n) is 12.8. The van der Waals surface area contributed by atoms with E-state index in [1.54, 1.807) is 11.7 Å². The molecule has 118 valence electrons. The fourth-order valence-electron chi connectivity index (χ4n) is 2.06. The molecule has 2 aromatic rings. The lowest BCUT2D eigenvalue weighted by Gasteiger charge is -2.06. The third kappa shape index (κ3) is 4.42. The summed E-state index contributed by atoms with van der Waals surface area (Å²) in [5.74, 6) is 1.69. The number of amides is 1. The van der Waals surface area contributed by atoms with Crippen LogP contribution in [0.25, 0.3) is 0 Å². The first-order valence-corrected chi connectivity index (χ1v) is 7.51. The van der Waals surface area contributed by atoms with Crippen molar-refractivity contribution < 1.29 is 9.53 Å². The minimum Gasteiger partial charge on any atom is -0.497 e. The molecule has 0 saturated heterocycles. The van der Waals surface area contributed by atoms with Crippen LogP contribution in [0.15, 0.2) is 24.3 Å². The molecule has 22 heavy (non-hydrogen) atoms. The SMILES string of the molecule is COc1ccc(CCC(=O)NCCc2n[nH]c(=S)n2C)cc1. The lowest BCUT2D eigenvalue weighted by molar-refractivity contribution is -0.121. The largest absolute Gasteiger partial charge is 0.497 e. The number of aryl methyl sites for hydroxylation is 1. The Kier molecular flexibility index (Phi) is 5.71. The van der Waals surface area contributed by atoms with Crippen LogP contribution in [0.1, 0.15) is 17.8 Å². The normalized spacial score (nSPS) is 10.5. The van der Waals surface area contributed by atoms with E-state index in [9.17, 15) is 4.79 Å². The van der Waals surface area contributed by atoms with Gasteiger partial charge in [0.25, 0.3) is 0 Å². The first-order valence-electron chi connectivity index (χ1n) is 7.10. The van der Waals surface area contributed by atoms with E-state index in [0.717, 1.165) is 17.1 Å². The number of ether oxygens (including phenoxy) is 1. The Labute approximate surface area is 134 Å². The maximum Gasteiger partial charge on any atom is 0.220 e. The van der Waals surface area contributed by atoms with Gasteiger partial charge in [-0.2, -0.15) is 5.10 Å². The van der Waals surface area contributed by atoms with Crippen LogP contribution in [0.5, 0.6) is 5.75 Å². The molecular weight excluding hydrogens is 300 g/mol. The van der Waals surface area contributed by atoms with E-state index in [1.807, 2.05) is 31.3 Å². The van der Waals surface area contributed by atoms with Gasteiger partial charge < -0.3 is 14.6 Å². The summed E-state index contributed by atoms with van der Waals surface area (Å²) in [6.07, 6.45) is 1.82. The molecule has 0 aliphatic heterocycles. The van der Waals surface area contributed by atoms with E-state index < -0.39 is 0 Å². The summed E-state index contributed by atoms with van der Waals surface area (Å²) in [5, 5.41) is 9.72. The van der Waals surface area contributed by atoms with Gasteiger partial charge in [-0.3, -0.25) is 9.89 Å². The number of methoxy groups -OCH3 is 1. The van der Waals surface area contributed by atoms with Crippen LogP contribution >= 0.6 is 12.2 Å². The van der Waals surface area contributed by atoms with Crippen LogP contribution < -0.4 is 10.1 Å². The number of carbonyl (C=O) groups is 1. The number of nitrogens with one attached hydrogen (secondary N) is 2. The summed E-state index contributed by atoms with van der Waals surface area (Å²) in [5.41, 5.74) is 1.12. The second-order valence-electron chi connectivity index (χ2n) is 4.95. The Bertz CT molecular complexity index is 676. The molecule has 0 spiro atoms. The number of aromatic nitrogens is 3. The molecule has 0 atom stereocenters. The van der Waals surface area contributed by atoms with Crippen molar-refractivity contribution in [1.82, 2.24) is 20.1 Å². The molecule has 2 N–H and O–H groups in total. The minimum atomic E-state index is 0.0348. The topological polar surface area (TPSA) is 71.9 Å². The van der Waals surface area contributed by atoms with E-state index in [0.29, 0.717) is 30.6 Å². The van der Waals surface area contributed by atoms with Crippen molar-refractivity contribution in [2.24, 2.45) is 7.05 Å². The van der Waals surface area contributed by atoms with Crippen LogP contribution in [0.4, 0.5) is 0 Å². The second-order valence-corrected chi connectivity index (χ2v) is 5.34. The van der Waals surface area contributed by atoms with Crippen molar-refractivity contribution in [2.75, 3.05) is 13.7 Å². The highest BCUT2D eigenvalue weighted by Gasteiger charge is 2.05. The van der Waals surface area contributed by atoms with Crippen LogP contribution in [0.2, 0.25) is 0 Å². The molecule has 0 fully saturated rings. The van der Waals surface area contributed by atoms with Gasteiger partial charge in [0.05, 0.1) is 7.11 Å². The summed E-state index contributed by atoms with van der Waals surface area (Å²) < 4.78 is 7.49. The maximum atomic E-state index is 11.8. The fraction of sp³-hybridized carbons (Fsp3) is 0.400. The lowest BCUT2D eigenvalue weighted by Crippen LogP contribution is -2.26. The molecule has 0 aliphatic rings. The highest BCUT2D eigenvalue weighted by Crippen LogP contribution is 2.12. The van der Waals surface area contributed by atoms with Crippen molar-refractivity contribution in [3.8, 4) is 5.75 Å². The van der Waals surface area contributed by atoms with Crippen molar-refractivity contribution in [3.63, 3.8) is 0 Å². The van der Waals surface area contributed by atoms with E-state index in [2.05, 4.69) is 15.5 Å². The van der Waals surface area contributed by atoms with E-state index in [4.69, 9.17) is 17.0 Å². The summed E-state index contributed by atoms with van der Waals surface area (Å²) in [7, 11) is 3.49. The van der Waals surface area contributed by atoms with E-state index in [1.165, 1.54) is 0 Å². The average Bonchev–Trinajstić information content (AvgIpc) is 2.85. The number of H-pyrrole nitrogens is 1. The molecule has 1 heterocycles. The van der Waals surface area contributed by atoms with Crippen molar-refractivity contribution >= 4 is 18.1 Å². The quantitative estimate of drug-likeness (QED) is 0.763. The van der Waals surface area contributed by atoms with Crippen LogP contribution in [-0.2, 0) is 24.7 Å². The van der Waals surface area contributed by atoms with Crippen LogP contribution in [0.3, 0.4) is 0 Å². The third-order valence-electron chi connectivity index (χ3n) is 3.44. The van der Waals surface area contributed by atoms with Gasteiger partial charge >= 0.3 is 0 Å². The summed E-state index contributed by atoms with van der Waals surface area (Å²) in [6, 6.07) is 7.75.